The van der Waals surface area contributed by atoms with Gasteiger partial charge in [-0.3, -0.25) is 14.5 Å². The summed E-state index contributed by atoms with van der Waals surface area (Å²) in [7, 11) is 0. The van der Waals surface area contributed by atoms with Crippen molar-refractivity contribution in [3.05, 3.63) is 39.3 Å². The van der Waals surface area contributed by atoms with Gasteiger partial charge in [0.15, 0.2) is 0 Å². The zero-order chi connectivity index (χ0) is 20.8. The Bertz CT molecular complexity index is 921. The molecule has 1 aliphatic rings. The number of thiophene rings is 1. The topological polar surface area (TPSA) is 95.5 Å². The van der Waals surface area contributed by atoms with Gasteiger partial charge in [-0.05, 0) is 37.7 Å². The molecule has 0 fully saturated rings. The molecule has 2 heterocycles. The summed E-state index contributed by atoms with van der Waals surface area (Å²) in [5, 5.41) is 11.0. The minimum atomic E-state index is -0.819. The molecule has 0 spiro atoms. The van der Waals surface area contributed by atoms with E-state index in [1.807, 2.05) is 11.8 Å². The number of H-pyrrole nitrogens is 1. The summed E-state index contributed by atoms with van der Waals surface area (Å²) in [5.41, 5.74) is 1.08. The zero-order valence-corrected chi connectivity index (χ0v) is 17.7. The van der Waals surface area contributed by atoms with Crippen LogP contribution in [0.15, 0.2) is 17.4 Å². The summed E-state index contributed by atoms with van der Waals surface area (Å²) in [6.45, 7) is 6.79. The molecular weight excluding hydrogens is 390 g/mol. The molecule has 0 radical (unpaired) electrons. The van der Waals surface area contributed by atoms with E-state index in [0.29, 0.717) is 31.8 Å². The van der Waals surface area contributed by atoms with Gasteiger partial charge in [-0.25, -0.2) is 4.98 Å². The normalized spacial score (nSPS) is 14.7. The van der Waals surface area contributed by atoms with Crippen molar-refractivity contribution in [2.45, 2.75) is 58.1 Å². The van der Waals surface area contributed by atoms with E-state index < -0.39 is 6.10 Å². The average Bonchev–Trinajstić information content (AvgIpc) is 3.05. The fourth-order valence-corrected chi connectivity index (χ4v) is 4.98. The Morgan fingerprint density at radius 2 is 2.24 bits per heavy atom. The monoisotopic (exact) mass is 419 g/mol. The molecule has 0 bridgehead atoms. The molecule has 158 valence electrons. The maximum absolute atomic E-state index is 12.7. The van der Waals surface area contributed by atoms with Gasteiger partial charge in [0.2, 0.25) is 0 Å². The molecule has 0 aliphatic heterocycles. The molecule has 0 unspecified atom stereocenters. The van der Waals surface area contributed by atoms with Crippen molar-refractivity contribution in [3.8, 4) is 0 Å². The lowest BCUT2D eigenvalue weighted by Gasteiger charge is -2.23. The second kappa shape index (κ2) is 10.1. The first-order chi connectivity index (χ1) is 14.0. The Morgan fingerprint density at radius 1 is 1.45 bits per heavy atom. The van der Waals surface area contributed by atoms with Crippen LogP contribution in [-0.2, 0) is 28.9 Å². The number of aliphatic hydroxyl groups is 1. The van der Waals surface area contributed by atoms with Crippen molar-refractivity contribution >= 4 is 27.5 Å². The molecule has 1 atom stereocenters. The molecule has 2 aromatic rings. The van der Waals surface area contributed by atoms with E-state index in [-0.39, 0.29) is 24.7 Å². The van der Waals surface area contributed by atoms with Gasteiger partial charge in [-0.1, -0.05) is 13.0 Å². The van der Waals surface area contributed by atoms with E-state index in [4.69, 9.17) is 4.74 Å². The Balaban J connectivity index is 1.70. The molecule has 7 nitrogen and oxygen atoms in total. The molecule has 2 N–H and O–H groups in total. The molecule has 2 aromatic heterocycles. The van der Waals surface area contributed by atoms with E-state index in [1.54, 1.807) is 17.4 Å². The van der Waals surface area contributed by atoms with E-state index in [2.05, 4.69) is 16.5 Å². The van der Waals surface area contributed by atoms with Gasteiger partial charge >= 0.3 is 5.97 Å². The molecule has 0 saturated carbocycles. The molecule has 0 saturated heterocycles. The molecular formula is C21H29N3O4S. The van der Waals surface area contributed by atoms with Crippen molar-refractivity contribution in [1.82, 2.24) is 14.9 Å². The highest BCUT2D eigenvalue weighted by atomic mass is 32.1. The lowest BCUT2D eigenvalue weighted by atomic mass is 9.97. The number of rotatable bonds is 10. The first-order valence-electron chi connectivity index (χ1n) is 10.2. The van der Waals surface area contributed by atoms with Crippen LogP contribution in [0.2, 0.25) is 0 Å². The molecule has 29 heavy (non-hydrogen) atoms. The van der Waals surface area contributed by atoms with E-state index in [1.165, 1.54) is 16.9 Å². The van der Waals surface area contributed by atoms with Gasteiger partial charge in [0.25, 0.3) is 5.56 Å². The Labute approximate surface area is 174 Å². The Kier molecular flexibility index (Phi) is 7.57. The number of aryl methyl sites for hydroxylation is 2. The van der Waals surface area contributed by atoms with Crippen molar-refractivity contribution in [2.24, 2.45) is 0 Å². The Hall–Kier alpha value is -2.03. The average molecular weight is 420 g/mol. The van der Waals surface area contributed by atoms with Crippen LogP contribution >= 0.6 is 11.3 Å². The number of carbonyl (C=O) groups excluding carboxylic acids is 1. The number of fused-ring (bicyclic) bond motifs is 3. The summed E-state index contributed by atoms with van der Waals surface area (Å²) in [5.74, 6) is 0.262. The van der Waals surface area contributed by atoms with E-state index in [0.717, 1.165) is 29.5 Å². The third-order valence-corrected chi connectivity index (χ3v) is 6.18. The first-order valence-corrected chi connectivity index (χ1v) is 11.0. The number of aliphatic hydroxyl groups excluding tert-OH is 1. The predicted molar refractivity (Wildman–Crippen MR) is 114 cm³/mol. The van der Waals surface area contributed by atoms with E-state index in [9.17, 15) is 14.7 Å². The second-order valence-corrected chi connectivity index (χ2v) is 8.56. The number of nitrogens with zero attached hydrogens (tertiary/aromatic N) is 2. The fraction of sp³-hybridized carbons (Fsp3) is 0.571. The number of ether oxygens (including phenoxy) is 1. The number of hydrogen-bond donors (Lipinski definition) is 2. The molecule has 3 rings (SSSR count). The van der Waals surface area contributed by atoms with Gasteiger partial charge in [-0.2, -0.15) is 0 Å². The van der Waals surface area contributed by atoms with Crippen LogP contribution < -0.4 is 5.56 Å². The van der Waals surface area contributed by atoms with Crippen LogP contribution in [0.3, 0.4) is 0 Å². The number of hydrogen-bond acceptors (Lipinski definition) is 7. The highest BCUT2D eigenvalue weighted by Crippen LogP contribution is 2.33. The van der Waals surface area contributed by atoms with Crippen molar-refractivity contribution in [3.63, 3.8) is 0 Å². The summed E-state index contributed by atoms with van der Waals surface area (Å²) in [6, 6.07) is 0. The zero-order valence-electron chi connectivity index (χ0n) is 16.9. The Morgan fingerprint density at radius 3 is 3.00 bits per heavy atom. The SMILES string of the molecule is C=CCN(Cc1nc2sc3c(c2c(=O)[nH]1)CCCC3)C[C@H](O)COC(=O)CCC. The van der Waals surface area contributed by atoms with Crippen LogP contribution in [0, 0.1) is 0 Å². The molecule has 0 amide bonds. The molecule has 8 heteroatoms. The summed E-state index contributed by atoms with van der Waals surface area (Å²) < 4.78 is 5.08. The maximum atomic E-state index is 12.7. The van der Waals surface area contributed by atoms with Gasteiger partial charge in [0, 0.05) is 24.4 Å². The summed E-state index contributed by atoms with van der Waals surface area (Å²) in [4.78, 5) is 35.8. The molecule has 0 aromatic carbocycles. The standard InChI is InChI=1S/C21H29N3O4S/c1-3-7-18(26)28-13-14(25)11-24(10-4-2)12-17-22-20(27)19-15-8-5-6-9-16(15)29-21(19)23-17/h4,14,25H,2-3,5-13H2,1H3,(H,22,23,27)/t14-/m0/s1. The second-order valence-electron chi connectivity index (χ2n) is 7.47. The number of carbonyl (C=O) groups is 1. The number of aromatic nitrogens is 2. The minimum Gasteiger partial charge on any atom is -0.463 e. The minimum absolute atomic E-state index is 0.0485. The van der Waals surface area contributed by atoms with Crippen LogP contribution in [-0.4, -0.2) is 51.7 Å². The van der Waals surface area contributed by atoms with Crippen LogP contribution in [0.5, 0.6) is 0 Å². The summed E-state index contributed by atoms with van der Waals surface area (Å²) >= 11 is 1.62. The van der Waals surface area contributed by atoms with Gasteiger partial charge in [-0.15, -0.1) is 17.9 Å². The highest BCUT2D eigenvalue weighted by molar-refractivity contribution is 7.18. The van der Waals surface area contributed by atoms with Gasteiger partial charge in [0.05, 0.1) is 11.9 Å². The van der Waals surface area contributed by atoms with Crippen LogP contribution in [0.4, 0.5) is 0 Å². The number of esters is 1. The number of aromatic amines is 1. The quantitative estimate of drug-likeness (QED) is 0.454. The number of nitrogens with one attached hydrogen (secondary N) is 1. The largest absolute Gasteiger partial charge is 0.463 e. The third-order valence-electron chi connectivity index (χ3n) is 4.99. The maximum Gasteiger partial charge on any atom is 0.305 e. The fourth-order valence-electron chi connectivity index (χ4n) is 3.70. The van der Waals surface area contributed by atoms with Gasteiger partial charge in [0.1, 0.15) is 23.4 Å². The van der Waals surface area contributed by atoms with Crippen LogP contribution in [0.1, 0.15) is 48.9 Å². The first kappa shape index (κ1) is 21.7. The summed E-state index contributed by atoms with van der Waals surface area (Å²) in [6.07, 6.45) is 6.23. The van der Waals surface area contributed by atoms with Crippen molar-refractivity contribution < 1.29 is 14.6 Å². The lowest BCUT2D eigenvalue weighted by molar-refractivity contribution is -0.147. The van der Waals surface area contributed by atoms with Crippen molar-refractivity contribution in [2.75, 3.05) is 19.7 Å². The highest BCUT2D eigenvalue weighted by Gasteiger charge is 2.21. The third kappa shape index (κ3) is 5.52. The van der Waals surface area contributed by atoms with Crippen molar-refractivity contribution in [1.29, 1.82) is 0 Å². The van der Waals surface area contributed by atoms with Gasteiger partial charge < -0.3 is 14.8 Å². The van der Waals surface area contributed by atoms with E-state index >= 15 is 0 Å². The smallest absolute Gasteiger partial charge is 0.305 e. The predicted octanol–water partition coefficient (Wildman–Crippen LogP) is 2.56. The molecule has 1 aliphatic carbocycles. The van der Waals surface area contributed by atoms with Crippen LogP contribution in [0.25, 0.3) is 10.2 Å². The lowest BCUT2D eigenvalue weighted by Crippen LogP contribution is -2.36.